The monoisotopic (exact) mass is 598 g/mol. The predicted molar refractivity (Wildman–Crippen MR) is 158 cm³/mol. The van der Waals surface area contributed by atoms with Gasteiger partial charge in [0, 0.05) is 63.8 Å². The lowest BCUT2D eigenvalue weighted by atomic mass is 9.64. The largest absolute Gasteiger partial charge is 0.379 e. The first kappa shape index (κ1) is 29.4. The van der Waals surface area contributed by atoms with Crippen LogP contribution in [0.3, 0.4) is 0 Å². The highest BCUT2D eigenvalue weighted by Crippen LogP contribution is 2.50. The molecule has 5 fully saturated rings. The molecule has 3 aliphatic heterocycles. The molecule has 4 heterocycles. The van der Waals surface area contributed by atoms with Gasteiger partial charge in [-0.15, -0.1) is 0 Å². The zero-order valence-electron chi connectivity index (χ0n) is 25.1. The molecule has 43 heavy (non-hydrogen) atoms. The normalized spacial score (nSPS) is 37.6. The second-order valence-corrected chi connectivity index (χ2v) is 13.5. The summed E-state index contributed by atoms with van der Waals surface area (Å²) in [6, 6.07) is -0.612. The van der Waals surface area contributed by atoms with E-state index in [0.717, 1.165) is 65.1 Å². The molecule has 2 saturated heterocycles. The Bertz CT molecular complexity index is 1160. The van der Waals surface area contributed by atoms with Crippen molar-refractivity contribution < 1.29 is 23.5 Å². The van der Waals surface area contributed by atoms with Crippen LogP contribution in [0, 0.1) is 17.8 Å². The summed E-state index contributed by atoms with van der Waals surface area (Å²) in [5.74, 6) is -0.0673. The van der Waals surface area contributed by atoms with Crippen molar-refractivity contribution in [1.82, 2.24) is 30.0 Å². The van der Waals surface area contributed by atoms with Gasteiger partial charge in [0.1, 0.15) is 6.17 Å². The minimum Gasteiger partial charge on any atom is -0.379 e. The number of alkyl halides is 1. The Morgan fingerprint density at radius 1 is 1.07 bits per heavy atom. The zero-order chi connectivity index (χ0) is 29.3. The van der Waals surface area contributed by atoms with E-state index in [1.807, 2.05) is 17.0 Å². The first-order chi connectivity index (χ1) is 21.1. The fourth-order valence-electron chi connectivity index (χ4n) is 8.96. The molecule has 1 aromatic rings. The van der Waals surface area contributed by atoms with E-state index in [2.05, 4.69) is 25.4 Å². The molecular weight excluding hydrogens is 551 g/mol. The summed E-state index contributed by atoms with van der Waals surface area (Å²) < 4.78 is 30.6. The maximum Gasteiger partial charge on any atom is 0.256 e. The summed E-state index contributed by atoms with van der Waals surface area (Å²) in [7, 11) is 0. The molecule has 0 aromatic carbocycles. The lowest BCUT2D eigenvalue weighted by Gasteiger charge is -2.61. The minimum atomic E-state index is -1.22. The minimum absolute atomic E-state index is 0.00117. The van der Waals surface area contributed by atoms with Crippen LogP contribution in [0.25, 0.3) is 0 Å². The van der Waals surface area contributed by atoms with E-state index in [4.69, 9.17) is 9.47 Å². The summed E-state index contributed by atoms with van der Waals surface area (Å²) in [5.41, 5.74) is 0.181. The van der Waals surface area contributed by atoms with E-state index in [9.17, 15) is 9.59 Å². The van der Waals surface area contributed by atoms with Crippen LogP contribution in [-0.4, -0.2) is 113 Å². The third-order valence-corrected chi connectivity index (χ3v) is 11.1. The smallest absolute Gasteiger partial charge is 0.256 e. The molecule has 3 saturated carbocycles. The van der Waals surface area contributed by atoms with Gasteiger partial charge in [-0.25, -0.2) is 9.37 Å². The number of aromatic nitrogens is 2. The van der Waals surface area contributed by atoms with Crippen molar-refractivity contribution in [3.05, 3.63) is 30.5 Å². The number of nitrogens with zero attached hydrogens (tertiary/aromatic N) is 4. The number of imidazole rings is 1. The Hall–Kier alpha value is -2.34. The molecule has 2 N–H and O–H groups in total. The fourth-order valence-corrected chi connectivity index (χ4v) is 8.96. The first-order valence-corrected chi connectivity index (χ1v) is 16.7. The van der Waals surface area contributed by atoms with Crippen molar-refractivity contribution in [3.8, 4) is 0 Å². The van der Waals surface area contributed by atoms with Gasteiger partial charge in [0.25, 0.3) is 5.91 Å². The van der Waals surface area contributed by atoms with Crippen LogP contribution in [0.15, 0.2) is 30.5 Å². The van der Waals surface area contributed by atoms with Crippen molar-refractivity contribution in [2.45, 2.75) is 94.4 Å². The number of fused-ring (bicyclic) bond motifs is 4. The van der Waals surface area contributed by atoms with Crippen molar-refractivity contribution in [1.29, 1.82) is 0 Å². The Kier molecular flexibility index (Phi) is 8.85. The van der Waals surface area contributed by atoms with Crippen LogP contribution in [0.2, 0.25) is 0 Å². The third kappa shape index (κ3) is 5.90. The van der Waals surface area contributed by atoms with Gasteiger partial charge in [0.2, 0.25) is 0 Å². The van der Waals surface area contributed by atoms with Crippen molar-refractivity contribution in [2.75, 3.05) is 45.9 Å². The number of Topliss-reactive ketones (excluding diaryl/α,β-unsaturated/α-hetero) is 1. The fraction of sp³-hybridized carbons (Fsp3) is 0.781. The second kappa shape index (κ2) is 12.9. The molecule has 6 aliphatic rings. The zero-order valence-corrected chi connectivity index (χ0v) is 25.1. The average molecular weight is 599 g/mol. The number of rotatable bonds is 9. The first-order valence-electron chi connectivity index (χ1n) is 16.7. The molecule has 11 heteroatoms. The molecule has 0 spiro atoms. The van der Waals surface area contributed by atoms with Crippen LogP contribution in [0.1, 0.15) is 51.4 Å². The number of nitrogens with one attached hydrogen (secondary N) is 2. The Labute approximate surface area is 253 Å². The number of amides is 1. The van der Waals surface area contributed by atoms with Gasteiger partial charge >= 0.3 is 0 Å². The Balaban J connectivity index is 1.11. The molecule has 1 aromatic heterocycles. The summed E-state index contributed by atoms with van der Waals surface area (Å²) in [6.07, 6.45) is 13.4. The number of hydrogen-bond donors (Lipinski definition) is 2. The molecule has 1 amide bonds. The van der Waals surface area contributed by atoms with Gasteiger partial charge in [-0.1, -0.05) is 19.3 Å². The molecule has 9 unspecified atom stereocenters. The van der Waals surface area contributed by atoms with Crippen molar-refractivity contribution >= 4 is 11.7 Å². The standard InChI is InChI=1S/C32H47FN6O4/c33-25-18-23-28-31(27(25)35-10-13-37-14-16-42-17-15-37)43-30-22-5-2-1-4-21(22)6-7-26(30)39(28)19-24(29(23)40)32(41)36-8-3-11-38-12-9-34-20-38/h9,12,19-23,25-28,30-31,35H,1-8,10-11,13-18H2,(H,36,41). The van der Waals surface area contributed by atoms with Gasteiger partial charge in [0.05, 0.1) is 55.4 Å². The highest BCUT2D eigenvalue weighted by molar-refractivity contribution is 6.20. The summed E-state index contributed by atoms with van der Waals surface area (Å²) >= 11 is 0. The third-order valence-electron chi connectivity index (χ3n) is 11.1. The van der Waals surface area contributed by atoms with Crippen LogP contribution < -0.4 is 10.6 Å². The lowest BCUT2D eigenvalue weighted by molar-refractivity contribution is -0.220. The molecular formula is C32H47FN6O4. The second-order valence-electron chi connectivity index (χ2n) is 13.5. The van der Waals surface area contributed by atoms with E-state index in [-0.39, 0.29) is 41.9 Å². The quantitative estimate of drug-likeness (QED) is 0.329. The number of aryl methyl sites for hydroxylation is 1. The topological polar surface area (TPSA) is 101 Å². The van der Waals surface area contributed by atoms with E-state index < -0.39 is 24.2 Å². The Morgan fingerprint density at radius 2 is 1.93 bits per heavy atom. The lowest BCUT2D eigenvalue weighted by Crippen LogP contribution is -2.74. The predicted octanol–water partition coefficient (Wildman–Crippen LogP) is 1.91. The van der Waals surface area contributed by atoms with Gasteiger partial charge in [-0.05, 0) is 43.9 Å². The highest BCUT2D eigenvalue weighted by Gasteiger charge is 2.60. The van der Waals surface area contributed by atoms with Crippen LogP contribution in [-0.2, 0) is 25.6 Å². The van der Waals surface area contributed by atoms with Crippen molar-refractivity contribution in [3.63, 3.8) is 0 Å². The number of carbonyl (C=O) groups is 2. The Morgan fingerprint density at radius 3 is 2.77 bits per heavy atom. The van der Waals surface area contributed by atoms with Crippen molar-refractivity contribution in [2.24, 2.45) is 17.8 Å². The molecule has 236 valence electrons. The summed E-state index contributed by atoms with van der Waals surface area (Å²) in [6.45, 7) is 5.95. The molecule has 7 rings (SSSR count). The SMILES string of the molecule is O=C(NCCCn1ccnc1)C1=CN2C3CCC4CCCCC4C3OC3C(NCCN4CCOCC4)C(F)CC(C1=O)C32. The number of ether oxygens (including phenoxy) is 2. The van der Waals surface area contributed by atoms with Crippen LogP contribution >= 0.6 is 0 Å². The molecule has 3 aliphatic carbocycles. The summed E-state index contributed by atoms with van der Waals surface area (Å²) in [5, 5.41) is 6.51. The number of morpholine rings is 2. The number of carbonyl (C=O) groups excluding carboxylic acids is 2. The average Bonchev–Trinajstić information content (AvgIpc) is 3.56. The van der Waals surface area contributed by atoms with Crippen LogP contribution in [0.5, 0.6) is 0 Å². The van der Waals surface area contributed by atoms with E-state index >= 15 is 4.39 Å². The van der Waals surface area contributed by atoms with E-state index in [1.165, 1.54) is 19.3 Å². The maximum absolute atomic E-state index is 16.1. The van der Waals surface area contributed by atoms with Gasteiger partial charge in [0.15, 0.2) is 5.78 Å². The van der Waals surface area contributed by atoms with Gasteiger partial charge in [-0.2, -0.15) is 0 Å². The number of hydrogen-bond acceptors (Lipinski definition) is 8. The van der Waals surface area contributed by atoms with Gasteiger partial charge in [-0.3, -0.25) is 14.5 Å². The van der Waals surface area contributed by atoms with E-state index in [0.29, 0.717) is 24.9 Å². The van der Waals surface area contributed by atoms with E-state index in [1.54, 1.807) is 12.5 Å². The number of halogens is 1. The maximum atomic E-state index is 16.1. The molecule has 10 nitrogen and oxygen atoms in total. The molecule has 9 atom stereocenters. The highest BCUT2D eigenvalue weighted by atomic mass is 19.1. The molecule has 0 radical (unpaired) electrons. The summed E-state index contributed by atoms with van der Waals surface area (Å²) in [4.78, 5) is 36.0. The van der Waals surface area contributed by atoms with Crippen LogP contribution in [0.4, 0.5) is 4.39 Å². The molecule has 0 bridgehead atoms. The number of ketones is 1. The van der Waals surface area contributed by atoms with Gasteiger partial charge < -0.3 is 29.6 Å².